The second-order valence-electron chi connectivity index (χ2n) is 3.30. The molecule has 0 aliphatic heterocycles. The number of benzene rings is 1. The van der Waals surface area contributed by atoms with Crippen molar-refractivity contribution < 1.29 is 10.2 Å². The van der Waals surface area contributed by atoms with Crippen molar-refractivity contribution in [3.8, 4) is 5.75 Å². The zero-order valence-corrected chi connectivity index (χ0v) is 7.91. The summed E-state index contributed by atoms with van der Waals surface area (Å²) in [6.07, 6.45) is 0. The van der Waals surface area contributed by atoms with Crippen LogP contribution in [0.2, 0.25) is 0 Å². The zero-order valence-electron chi connectivity index (χ0n) is 7.91. The molecule has 0 saturated carbocycles. The standard InChI is InChI=1S/C10H15NO2/c1-6-3-7(2)10(8(11)5-12)9(13)4-6/h3-4,8,12-13H,5,11H2,1-2H3/t8-/m0/s1. The molecule has 3 nitrogen and oxygen atoms in total. The molecule has 0 unspecified atom stereocenters. The average Bonchev–Trinajstić information content (AvgIpc) is 2.02. The fraction of sp³-hybridized carbons (Fsp3) is 0.400. The van der Waals surface area contributed by atoms with Crippen molar-refractivity contribution in [3.63, 3.8) is 0 Å². The van der Waals surface area contributed by atoms with Gasteiger partial charge >= 0.3 is 0 Å². The third-order valence-corrected chi connectivity index (χ3v) is 2.08. The molecule has 1 rings (SSSR count). The molecule has 0 aromatic heterocycles. The highest BCUT2D eigenvalue weighted by atomic mass is 16.3. The number of aliphatic hydroxyl groups excluding tert-OH is 1. The van der Waals surface area contributed by atoms with Crippen molar-refractivity contribution in [1.82, 2.24) is 0 Å². The molecule has 1 aromatic carbocycles. The summed E-state index contributed by atoms with van der Waals surface area (Å²) in [6.45, 7) is 3.62. The van der Waals surface area contributed by atoms with Gasteiger partial charge in [0.25, 0.3) is 0 Å². The molecule has 0 aliphatic carbocycles. The van der Waals surface area contributed by atoms with Gasteiger partial charge in [0.05, 0.1) is 12.6 Å². The van der Waals surface area contributed by atoms with Crippen LogP contribution >= 0.6 is 0 Å². The number of aryl methyl sites for hydroxylation is 2. The monoisotopic (exact) mass is 181 g/mol. The molecule has 0 bridgehead atoms. The quantitative estimate of drug-likeness (QED) is 0.637. The predicted molar refractivity (Wildman–Crippen MR) is 51.6 cm³/mol. The van der Waals surface area contributed by atoms with Crippen LogP contribution in [0, 0.1) is 13.8 Å². The summed E-state index contributed by atoms with van der Waals surface area (Å²) in [5, 5.41) is 18.5. The van der Waals surface area contributed by atoms with Crippen molar-refractivity contribution in [2.24, 2.45) is 5.73 Å². The van der Waals surface area contributed by atoms with Crippen molar-refractivity contribution in [2.75, 3.05) is 6.61 Å². The Hall–Kier alpha value is -1.06. The minimum atomic E-state index is -0.499. The molecular formula is C10H15NO2. The largest absolute Gasteiger partial charge is 0.508 e. The normalized spacial score (nSPS) is 12.9. The Morgan fingerprint density at radius 2 is 2.00 bits per heavy atom. The lowest BCUT2D eigenvalue weighted by Gasteiger charge is -2.14. The van der Waals surface area contributed by atoms with E-state index in [0.29, 0.717) is 5.56 Å². The van der Waals surface area contributed by atoms with E-state index >= 15 is 0 Å². The van der Waals surface area contributed by atoms with E-state index in [1.165, 1.54) is 0 Å². The summed E-state index contributed by atoms with van der Waals surface area (Å²) < 4.78 is 0. The number of hydrogen-bond acceptors (Lipinski definition) is 3. The Morgan fingerprint density at radius 3 is 2.46 bits per heavy atom. The smallest absolute Gasteiger partial charge is 0.120 e. The Kier molecular flexibility index (Phi) is 2.90. The van der Waals surface area contributed by atoms with Gasteiger partial charge in [-0.05, 0) is 31.0 Å². The maximum Gasteiger partial charge on any atom is 0.120 e. The summed E-state index contributed by atoms with van der Waals surface area (Å²) in [5.74, 6) is 0.166. The van der Waals surface area contributed by atoms with Crippen LogP contribution < -0.4 is 5.73 Å². The molecule has 13 heavy (non-hydrogen) atoms. The zero-order chi connectivity index (χ0) is 10.0. The fourth-order valence-electron chi connectivity index (χ4n) is 1.53. The molecule has 3 heteroatoms. The van der Waals surface area contributed by atoms with Gasteiger partial charge in [0.15, 0.2) is 0 Å². The number of phenols is 1. The molecule has 0 aliphatic rings. The van der Waals surface area contributed by atoms with E-state index < -0.39 is 6.04 Å². The topological polar surface area (TPSA) is 66.5 Å². The maximum atomic E-state index is 9.58. The third kappa shape index (κ3) is 1.99. The molecule has 0 radical (unpaired) electrons. The number of rotatable bonds is 2. The van der Waals surface area contributed by atoms with E-state index in [1.54, 1.807) is 6.07 Å². The molecule has 1 aromatic rings. The highest BCUT2D eigenvalue weighted by Crippen LogP contribution is 2.27. The van der Waals surface area contributed by atoms with E-state index in [2.05, 4.69) is 0 Å². The van der Waals surface area contributed by atoms with Crippen LogP contribution in [0.25, 0.3) is 0 Å². The van der Waals surface area contributed by atoms with Gasteiger partial charge < -0.3 is 15.9 Å². The van der Waals surface area contributed by atoms with Crippen LogP contribution in [0.3, 0.4) is 0 Å². The number of aliphatic hydroxyl groups is 1. The van der Waals surface area contributed by atoms with Crippen molar-refractivity contribution in [3.05, 3.63) is 28.8 Å². The number of hydrogen-bond donors (Lipinski definition) is 3. The van der Waals surface area contributed by atoms with Crippen LogP contribution in [0.1, 0.15) is 22.7 Å². The molecule has 72 valence electrons. The van der Waals surface area contributed by atoms with Crippen molar-refractivity contribution in [1.29, 1.82) is 0 Å². The lowest BCUT2D eigenvalue weighted by molar-refractivity contribution is 0.265. The van der Waals surface area contributed by atoms with E-state index in [4.69, 9.17) is 10.8 Å². The first kappa shape index (κ1) is 10.0. The molecule has 4 N–H and O–H groups in total. The highest BCUT2D eigenvalue weighted by molar-refractivity contribution is 5.43. The van der Waals surface area contributed by atoms with E-state index in [9.17, 15) is 5.11 Å². The lowest BCUT2D eigenvalue weighted by Crippen LogP contribution is -2.16. The van der Waals surface area contributed by atoms with Gasteiger partial charge in [-0.1, -0.05) is 6.07 Å². The van der Waals surface area contributed by atoms with Crippen molar-refractivity contribution >= 4 is 0 Å². The summed E-state index contributed by atoms with van der Waals surface area (Å²) >= 11 is 0. The molecule has 1 atom stereocenters. The summed E-state index contributed by atoms with van der Waals surface area (Å²) in [4.78, 5) is 0. The predicted octanol–water partition coefficient (Wildman–Crippen LogP) is 1.00. The molecular weight excluding hydrogens is 166 g/mol. The van der Waals surface area contributed by atoms with Gasteiger partial charge in [0, 0.05) is 5.56 Å². The Balaban J connectivity index is 3.20. The first-order valence-electron chi connectivity index (χ1n) is 4.22. The summed E-state index contributed by atoms with van der Waals surface area (Å²) in [5.41, 5.74) is 8.17. The van der Waals surface area contributed by atoms with Gasteiger partial charge in [0.1, 0.15) is 5.75 Å². The fourth-order valence-corrected chi connectivity index (χ4v) is 1.53. The molecule has 0 amide bonds. The van der Waals surface area contributed by atoms with Crippen LogP contribution in [-0.4, -0.2) is 16.8 Å². The molecule has 0 spiro atoms. The minimum absolute atomic E-state index is 0.155. The van der Waals surface area contributed by atoms with Gasteiger partial charge in [-0.15, -0.1) is 0 Å². The van der Waals surface area contributed by atoms with Gasteiger partial charge in [-0.25, -0.2) is 0 Å². The summed E-state index contributed by atoms with van der Waals surface area (Å²) in [6, 6.07) is 3.09. The number of aromatic hydroxyl groups is 1. The molecule has 0 saturated heterocycles. The average molecular weight is 181 g/mol. The maximum absolute atomic E-state index is 9.58. The first-order chi connectivity index (χ1) is 6.06. The number of phenolic OH excluding ortho intramolecular Hbond substituents is 1. The Bertz CT molecular complexity index is 287. The SMILES string of the molecule is Cc1cc(C)c([C@@H](N)CO)c(O)c1. The third-order valence-electron chi connectivity index (χ3n) is 2.08. The minimum Gasteiger partial charge on any atom is -0.508 e. The van der Waals surface area contributed by atoms with Gasteiger partial charge in [0.2, 0.25) is 0 Å². The Labute approximate surface area is 77.8 Å². The highest BCUT2D eigenvalue weighted by Gasteiger charge is 2.12. The van der Waals surface area contributed by atoms with Crippen LogP contribution in [0.5, 0.6) is 5.75 Å². The lowest BCUT2D eigenvalue weighted by atomic mass is 9.99. The second-order valence-corrected chi connectivity index (χ2v) is 3.30. The second kappa shape index (κ2) is 3.77. The van der Waals surface area contributed by atoms with E-state index in [-0.39, 0.29) is 12.4 Å². The van der Waals surface area contributed by atoms with Gasteiger partial charge in [-0.2, -0.15) is 0 Å². The molecule has 0 heterocycles. The molecule has 0 fully saturated rings. The van der Waals surface area contributed by atoms with E-state index in [0.717, 1.165) is 11.1 Å². The first-order valence-corrected chi connectivity index (χ1v) is 4.22. The van der Waals surface area contributed by atoms with Crippen LogP contribution in [0.15, 0.2) is 12.1 Å². The van der Waals surface area contributed by atoms with Crippen LogP contribution in [0.4, 0.5) is 0 Å². The summed E-state index contributed by atoms with van der Waals surface area (Å²) in [7, 11) is 0. The number of nitrogens with two attached hydrogens (primary N) is 1. The van der Waals surface area contributed by atoms with Crippen LogP contribution in [-0.2, 0) is 0 Å². The van der Waals surface area contributed by atoms with E-state index in [1.807, 2.05) is 19.9 Å². The van der Waals surface area contributed by atoms with Gasteiger partial charge in [-0.3, -0.25) is 0 Å². The van der Waals surface area contributed by atoms with Crippen molar-refractivity contribution in [2.45, 2.75) is 19.9 Å². The Morgan fingerprint density at radius 1 is 1.38 bits per heavy atom.